The molecule has 0 bridgehead atoms. The van der Waals surface area contributed by atoms with Crippen molar-refractivity contribution < 1.29 is 27.9 Å². The second kappa shape index (κ2) is 12.7. The molecule has 1 aliphatic rings. The number of hydrogen-bond donors (Lipinski definition) is 3. The van der Waals surface area contributed by atoms with Gasteiger partial charge >= 0.3 is 5.97 Å². The van der Waals surface area contributed by atoms with Crippen LogP contribution in [0, 0.1) is 11.3 Å². The van der Waals surface area contributed by atoms with Gasteiger partial charge in [-0.1, -0.05) is 41.4 Å². The maximum atomic E-state index is 13.2. The van der Waals surface area contributed by atoms with Crippen LogP contribution in [-0.2, 0) is 26.0 Å². The van der Waals surface area contributed by atoms with Crippen molar-refractivity contribution in [3.63, 3.8) is 0 Å². The molecule has 212 valence electrons. The summed E-state index contributed by atoms with van der Waals surface area (Å²) in [7, 11) is -4.10. The quantitative estimate of drug-likeness (QED) is 0.328. The van der Waals surface area contributed by atoms with Crippen LogP contribution in [0.3, 0.4) is 0 Å². The molecule has 4 rings (SSSR count). The Morgan fingerprint density at radius 3 is 2.44 bits per heavy atom. The molecule has 3 N–H and O–H groups in total. The lowest BCUT2D eigenvalue weighted by Gasteiger charge is -2.25. The van der Waals surface area contributed by atoms with Crippen molar-refractivity contribution in [2.24, 2.45) is 0 Å². The Hall–Kier alpha value is -4.02. The monoisotopic (exact) mass is 615 g/mol. The van der Waals surface area contributed by atoms with E-state index >= 15 is 0 Å². The molecule has 0 aliphatic carbocycles. The van der Waals surface area contributed by atoms with Crippen molar-refractivity contribution in [1.29, 1.82) is 5.26 Å². The van der Waals surface area contributed by atoms with Gasteiger partial charge in [0.25, 0.3) is 5.91 Å². The number of rotatable bonds is 9. The zero-order valence-electron chi connectivity index (χ0n) is 21.3. The van der Waals surface area contributed by atoms with Crippen LogP contribution in [-0.4, -0.2) is 59.2 Å². The van der Waals surface area contributed by atoms with Gasteiger partial charge in [0, 0.05) is 31.0 Å². The number of carbonyl (C=O) groups excluding carboxylic acids is 2. The molecular formula is C27H23Cl2N5O6S. The van der Waals surface area contributed by atoms with Crippen LogP contribution < -0.4 is 10.6 Å². The van der Waals surface area contributed by atoms with E-state index in [0.29, 0.717) is 17.7 Å². The number of nitrogens with zero attached hydrogens (tertiary/aromatic N) is 3. The molecule has 2 atom stereocenters. The number of aromatic nitrogens is 1. The summed E-state index contributed by atoms with van der Waals surface area (Å²) in [5.74, 6) is -2.59. The number of benzene rings is 2. The van der Waals surface area contributed by atoms with Crippen molar-refractivity contribution in [3.05, 3.63) is 87.7 Å². The number of amides is 2. The first-order valence-electron chi connectivity index (χ1n) is 12.3. The van der Waals surface area contributed by atoms with Gasteiger partial charge in [0.2, 0.25) is 15.9 Å². The highest BCUT2D eigenvalue weighted by atomic mass is 35.5. The third-order valence-corrected chi connectivity index (χ3v) is 8.90. The highest BCUT2D eigenvalue weighted by Gasteiger charge is 2.40. The predicted octanol–water partition coefficient (Wildman–Crippen LogP) is 3.48. The molecule has 2 heterocycles. The number of sulfonamides is 1. The minimum Gasteiger partial charge on any atom is -0.480 e. The summed E-state index contributed by atoms with van der Waals surface area (Å²) in [6, 6.07) is 11.2. The van der Waals surface area contributed by atoms with E-state index in [2.05, 4.69) is 15.6 Å². The maximum absolute atomic E-state index is 13.2. The molecule has 1 aliphatic heterocycles. The Balaban J connectivity index is 1.43. The third-order valence-electron chi connectivity index (χ3n) is 6.42. The first-order chi connectivity index (χ1) is 19.5. The highest BCUT2D eigenvalue weighted by molar-refractivity contribution is 7.89. The number of anilines is 1. The van der Waals surface area contributed by atoms with Crippen molar-refractivity contribution in [3.8, 4) is 6.07 Å². The van der Waals surface area contributed by atoms with Crippen LogP contribution in [0.1, 0.15) is 34.3 Å². The average molecular weight is 616 g/mol. The Labute approximate surface area is 245 Å². The normalized spacial score (nSPS) is 16.0. The number of aliphatic carboxylic acids is 1. The van der Waals surface area contributed by atoms with Crippen LogP contribution in [0.15, 0.2) is 65.8 Å². The fourth-order valence-electron chi connectivity index (χ4n) is 4.40. The Morgan fingerprint density at radius 2 is 1.80 bits per heavy atom. The maximum Gasteiger partial charge on any atom is 0.326 e. The molecule has 1 fully saturated rings. The van der Waals surface area contributed by atoms with Gasteiger partial charge in [0.05, 0.1) is 32.1 Å². The molecule has 1 saturated heterocycles. The summed E-state index contributed by atoms with van der Waals surface area (Å²) < 4.78 is 27.5. The highest BCUT2D eigenvalue weighted by Crippen LogP contribution is 2.27. The van der Waals surface area contributed by atoms with Gasteiger partial charge in [-0.15, -0.1) is 0 Å². The Bertz CT molecular complexity index is 1620. The van der Waals surface area contributed by atoms with Gasteiger partial charge < -0.3 is 15.7 Å². The SMILES string of the molecule is N#Cc1cccc(S(=O)(=O)N2CCC[C@H]2C(=O)NC(Cc2ccc(NC(=O)c3c(Cl)cncc3Cl)cc2)C(=O)O)c1. The molecule has 0 saturated carbocycles. The second-order valence-corrected chi connectivity index (χ2v) is 11.9. The summed E-state index contributed by atoms with van der Waals surface area (Å²) in [4.78, 5) is 41.4. The Kier molecular flexibility index (Phi) is 9.25. The minimum atomic E-state index is -4.10. The molecule has 1 aromatic heterocycles. The molecule has 0 spiro atoms. The smallest absolute Gasteiger partial charge is 0.326 e. The lowest BCUT2D eigenvalue weighted by molar-refractivity contribution is -0.142. The van der Waals surface area contributed by atoms with Crippen LogP contribution >= 0.6 is 23.2 Å². The molecule has 14 heteroatoms. The van der Waals surface area contributed by atoms with Gasteiger partial charge in [-0.2, -0.15) is 9.57 Å². The molecule has 3 aromatic rings. The van der Waals surface area contributed by atoms with E-state index in [4.69, 9.17) is 28.5 Å². The van der Waals surface area contributed by atoms with Gasteiger partial charge in [0.1, 0.15) is 12.1 Å². The van der Waals surface area contributed by atoms with E-state index in [-0.39, 0.29) is 45.5 Å². The first kappa shape index (κ1) is 30.0. The first-order valence-corrected chi connectivity index (χ1v) is 14.5. The van der Waals surface area contributed by atoms with E-state index in [1.54, 1.807) is 24.3 Å². The lowest BCUT2D eigenvalue weighted by Crippen LogP contribution is -2.51. The third kappa shape index (κ3) is 6.83. The molecule has 0 radical (unpaired) electrons. The molecule has 1 unspecified atom stereocenters. The zero-order valence-corrected chi connectivity index (χ0v) is 23.6. The number of carbonyl (C=O) groups is 3. The number of pyridine rings is 1. The van der Waals surface area contributed by atoms with Crippen molar-refractivity contribution >= 4 is 56.7 Å². The Morgan fingerprint density at radius 1 is 1.12 bits per heavy atom. The fourth-order valence-corrected chi connectivity index (χ4v) is 6.64. The summed E-state index contributed by atoms with van der Waals surface area (Å²) in [5, 5.41) is 24.2. The van der Waals surface area contributed by atoms with Crippen LogP contribution in [0.2, 0.25) is 10.0 Å². The van der Waals surface area contributed by atoms with Crippen LogP contribution in [0.25, 0.3) is 0 Å². The van der Waals surface area contributed by atoms with E-state index in [0.717, 1.165) is 4.31 Å². The molecular weight excluding hydrogens is 593 g/mol. The standard InChI is InChI=1S/C27H23Cl2N5O6S/c28-20-14-31-15-21(29)24(20)26(36)32-18-8-6-16(7-9-18)12-22(27(37)38)33-25(35)23-5-2-10-34(23)41(39,40)19-4-1-3-17(11-19)13-30/h1,3-4,6-9,11,14-15,22-23H,2,5,10,12H2,(H,32,36)(H,33,35)(H,37,38)/t22?,23-/m0/s1. The summed E-state index contributed by atoms with van der Waals surface area (Å²) in [6.45, 7) is 0.0814. The average Bonchev–Trinajstić information content (AvgIpc) is 3.45. The van der Waals surface area contributed by atoms with Crippen molar-refractivity contribution in [1.82, 2.24) is 14.6 Å². The van der Waals surface area contributed by atoms with E-state index < -0.39 is 39.9 Å². The van der Waals surface area contributed by atoms with Crippen LogP contribution in [0.4, 0.5) is 5.69 Å². The molecule has 41 heavy (non-hydrogen) atoms. The molecule has 11 nitrogen and oxygen atoms in total. The number of carboxylic acid groups (broad SMARTS) is 1. The summed E-state index contributed by atoms with van der Waals surface area (Å²) >= 11 is 12.0. The van der Waals surface area contributed by atoms with Gasteiger partial charge in [-0.3, -0.25) is 14.6 Å². The lowest BCUT2D eigenvalue weighted by atomic mass is 10.0. The number of halogens is 2. The van der Waals surface area contributed by atoms with Crippen molar-refractivity contribution in [2.75, 3.05) is 11.9 Å². The number of nitrogens with one attached hydrogen (secondary N) is 2. The zero-order chi connectivity index (χ0) is 29.7. The largest absolute Gasteiger partial charge is 0.480 e. The number of hydrogen-bond acceptors (Lipinski definition) is 7. The predicted molar refractivity (Wildman–Crippen MR) is 150 cm³/mol. The van der Waals surface area contributed by atoms with E-state index in [1.165, 1.54) is 36.7 Å². The molecule has 2 aromatic carbocycles. The second-order valence-electron chi connectivity index (χ2n) is 9.15. The van der Waals surface area contributed by atoms with Gasteiger partial charge in [-0.25, -0.2) is 13.2 Å². The minimum absolute atomic E-state index is 0.0572. The van der Waals surface area contributed by atoms with Crippen LogP contribution in [0.5, 0.6) is 0 Å². The number of nitriles is 1. The topological polar surface area (TPSA) is 170 Å². The number of carboxylic acids is 1. The summed E-state index contributed by atoms with van der Waals surface area (Å²) in [6.07, 6.45) is 3.11. The summed E-state index contributed by atoms with van der Waals surface area (Å²) in [5.41, 5.74) is 1.15. The van der Waals surface area contributed by atoms with Crippen molar-refractivity contribution in [2.45, 2.75) is 36.2 Å². The molecule has 2 amide bonds. The fraction of sp³-hybridized carbons (Fsp3) is 0.222. The van der Waals surface area contributed by atoms with E-state index in [9.17, 15) is 27.9 Å². The van der Waals surface area contributed by atoms with Gasteiger partial charge in [0.15, 0.2) is 0 Å². The van der Waals surface area contributed by atoms with Gasteiger partial charge in [-0.05, 0) is 48.7 Å². The van der Waals surface area contributed by atoms with E-state index in [1.807, 2.05) is 6.07 Å².